The van der Waals surface area contributed by atoms with E-state index in [1.165, 1.54) is 71.9 Å². The summed E-state index contributed by atoms with van der Waals surface area (Å²) in [5, 5.41) is 2.47. The van der Waals surface area contributed by atoms with Gasteiger partial charge in [0.1, 0.15) is 0 Å². The summed E-state index contributed by atoms with van der Waals surface area (Å²) in [4.78, 5) is 2.46. The second kappa shape index (κ2) is 16.1. The first-order valence-electron chi connectivity index (χ1n) is 21.3. The Morgan fingerprint density at radius 3 is 1.31 bits per heavy atom. The summed E-state index contributed by atoms with van der Waals surface area (Å²) < 4.78 is 2.43. The van der Waals surface area contributed by atoms with Crippen LogP contribution < -0.4 is 4.90 Å². The van der Waals surface area contributed by atoms with E-state index in [4.69, 9.17) is 0 Å². The average Bonchev–Trinajstić information content (AvgIpc) is 3.69. The van der Waals surface area contributed by atoms with Crippen molar-refractivity contribution < 1.29 is 0 Å². The molecule has 11 aromatic rings. The number of nitrogens with zero attached hydrogens (tertiary/aromatic N) is 2. The van der Waals surface area contributed by atoms with Crippen LogP contribution in [0.3, 0.4) is 0 Å². The molecule has 0 aliphatic rings. The zero-order valence-electron chi connectivity index (χ0n) is 34.1. The summed E-state index contributed by atoms with van der Waals surface area (Å²) in [6, 6.07) is 92.1. The lowest BCUT2D eigenvalue weighted by atomic mass is 9.88. The van der Waals surface area contributed by atoms with Gasteiger partial charge in [-0.05, 0) is 98.6 Å². The lowest BCUT2D eigenvalue weighted by Gasteiger charge is -2.31. The van der Waals surface area contributed by atoms with Crippen LogP contribution in [0.1, 0.15) is 0 Å². The van der Waals surface area contributed by atoms with Gasteiger partial charge in [-0.2, -0.15) is 0 Å². The van der Waals surface area contributed by atoms with Gasteiger partial charge in [-0.25, -0.2) is 0 Å². The number of anilines is 3. The Kier molecular flexibility index (Phi) is 9.57. The fraction of sp³-hybridized carbons (Fsp3) is 0. The smallest absolute Gasteiger partial charge is 0.0702 e. The van der Waals surface area contributed by atoms with Gasteiger partial charge in [0.15, 0.2) is 0 Å². The average molecular weight is 791 g/mol. The highest BCUT2D eigenvalue weighted by Crippen LogP contribution is 2.47. The Balaban J connectivity index is 1.12. The van der Waals surface area contributed by atoms with Gasteiger partial charge in [0, 0.05) is 22.0 Å². The molecule has 0 unspecified atom stereocenters. The van der Waals surface area contributed by atoms with Gasteiger partial charge >= 0.3 is 0 Å². The van der Waals surface area contributed by atoms with Crippen molar-refractivity contribution in [3.05, 3.63) is 255 Å². The fourth-order valence-corrected chi connectivity index (χ4v) is 9.18. The van der Waals surface area contributed by atoms with Crippen molar-refractivity contribution in [2.24, 2.45) is 0 Å². The minimum absolute atomic E-state index is 1.07. The predicted molar refractivity (Wildman–Crippen MR) is 263 cm³/mol. The van der Waals surface area contributed by atoms with E-state index in [9.17, 15) is 0 Å². The van der Waals surface area contributed by atoms with E-state index in [1.54, 1.807) is 0 Å². The first-order chi connectivity index (χ1) is 30.8. The number of rotatable bonds is 9. The standard InChI is InChI=1S/C60H42N2/c1-3-20-43(21-4-1)46-24-19-25-47(42-46)44-38-40-48(41-39-44)61(59-36-17-18-37-60(59)62-57-34-15-12-31-54(57)55-32-13-16-35-58(55)62)56-33-14-11-30-53(56)52-29-10-9-28-51(52)50-27-8-7-26-49(50)45-22-5-2-6-23-45/h1-42H. The fourth-order valence-electron chi connectivity index (χ4n) is 9.18. The van der Waals surface area contributed by atoms with Crippen LogP contribution in [0.25, 0.3) is 83.1 Å². The summed E-state index contributed by atoms with van der Waals surface area (Å²) in [6.07, 6.45) is 0. The van der Waals surface area contributed by atoms with E-state index in [1.807, 2.05) is 0 Å². The van der Waals surface area contributed by atoms with Crippen LogP contribution in [-0.2, 0) is 0 Å². The van der Waals surface area contributed by atoms with E-state index in [2.05, 4.69) is 264 Å². The highest BCUT2D eigenvalue weighted by atomic mass is 15.2. The Bertz CT molecular complexity index is 3290. The quantitative estimate of drug-likeness (QED) is 0.141. The van der Waals surface area contributed by atoms with Gasteiger partial charge in [-0.1, -0.05) is 206 Å². The molecule has 0 N–H and O–H groups in total. The number of fused-ring (bicyclic) bond motifs is 3. The normalized spacial score (nSPS) is 11.2. The maximum atomic E-state index is 2.46. The molecule has 10 aromatic carbocycles. The third kappa shape index (κ3) is 6.65. The van der Waals surface area contributed by atoms with Crippen molar-refractivity contribution in [2.45, 2.75) is 0 Å². The van der Waals surface area contributed by atoms with Crippen LogP contribution in [0.2, 0.25) is 0 Å². The van der Waals surface area contributed by atoms with Gasteiger partial charge < -0.3 is 9.47 Å². The van der Waals surface area contributed by atoms with E-state index >= 15 is 0 Å². The Hall–Kier alpha value is -8.20. The first-order valence-corrected chi connectivity index (χ1v) is 21.3. The van der Waals surface area contributed by atoms with Gasteiger partial charge in [0.05, 0.1) is 28.1 Å². The molecule has 2 nitrogen and oxygen atoms in total. The van der Waals surface area contributed by atoms with Crippen LogP contribution in [0, 0.1) is 0 Å². The van der Waals surface area contributed by atoms with Gasteiger partial charge in [0.2, 0.25) is 0 Å². The molecule has 292 valence electrons. The van der Waals surface area contributed by atoms with Crippen molar-refractivity contribution in [1.82, 2.24) is 4.57 Å². The Labute approximate surface area is 362 Å². The van der Waals surface area contributed by atoms with Crippen LogP contribution in [0.5, 0.6) is 0 Å². The number of aromatic nitrogens is 1. The molecular weight excluding hydrogens is 749 g/mol. The zero-order valence-corrected chi connectivity index (χ0v) is 34.1. The van der Waals surface area contributed by atoms with Crippen LogP contribution in [-0.4, -0.2) is 4.57 Å². The number of hydrogen-bond acceptors (Lipinski definition) is 1. The summed E-state index contributed by atoms with van der Waals surface area (Å²) in [5.41, 5.74) is 18.5. The molecule has 0 radical (unpaired) electrons. The Morgan fingerprint density at radius 1 is 0.258 bits per heavy atom. The van der Waals surface area contributed by atoms with Crippen molar-refractivity contribution in [2.75, 3.05) is 4.90 Å². The highest BCUT2D eigenvalue weighted by Gasteiger charge is 2.24. The number of para-hydroxylation sites is 5. The van der Waals surface area contributed by atoms with Crippen LogP contribution in [0.4, 0.5) is 17.1 Å². The van der Waals surface area contributed by atoms with E-state index < -0.39 is 0 Å². The van der Waals surface area contributed by atoms with Gasteiger partial charge in [0.25, 0.3) is 0 Å². The molecule has 11 rings (SSSR count). The van der Waals surface area contributed by atoms with E-state index in [0.29, 0.717) is 0 Å². The van der Waals surface area contributed by atoms with Gasteiger partial charge in [-0.3, -0.25) is 0 Å². The third-order valence-corrected chi connectivity index (χ3v) is 12.0. The molecule has 0 atom stereocenters. The SMILES string of the molecule is c1ccc(-c2cccc(-c3ccc(N(c4ccccc4-c4ccccc4-c4ccccc4-c4ccccc4)c4ccccc4-n4c5ccccc5c5ccccc54)cc3)c2)cc1. The maximum Gasteiger partial charge on any atom is 0.0702 e. The van der Waals surface area contributed by atoms with Crippen molar-refractivity contribution in [3.63, 3.8) is 0 Å². The third-order valence-electron chi connectivity index (χ3n) is 12.0. The molecule has 0 amide bonds. The number of hydrogen-bond donors (Lipinski definition) is 0. The zero-order chi connectivity index (χ0) is 41.2. The highest BCUT2D eigenvalue weighted by molar-refractivity contribution is 6.10. The van der Waals surface area contributed by atoms with Crippen molar-refractivity contribution in [3.8, 4) is 61.3 Å². The molecule has 0 spiro atoms. The topological polar surface area (TPSA) is 8.17 Å². The molecule has 0 aliphatic heterocycles. The molecule has 0 saturated heterocycles. The molecule has 0 saturated carbocycles. The monoisotopic (exact) mass is 790 g/mol. The molecule has 62 heavy (non-hydrogen) atoms. The lowest BCUT2D eigenvalue weighted by Crippen LogP contribution is -2.14. The van der Waals surface area contributed by atoms with Crippen molar-refractivity contribution in [1.29, 1.82) is 0 Å². The molecular formula is C60H42N2. The van der Waals surface area contributed by atoms with Crippen LogP contribution in [0.15, 0.2) is 255 Å². The largest absolute Gasteiger partial charge is 0.308 e. The number of benzene rings is 10. The predicted octanol–water partition coefficient (Wildman–Crippen LogP) is 16.6. The van der Waals surface area contributed by atoms with E-state index in [-0.39, 0.29) is 0 Å². The summed E-state index contributed by atoms with van der Waals surface area (Å²) >= 11 is 0. The molecule has 0 bridgehead atoms. The van der Waals surface area contributed by atoms with Gasteiger partial charge in [-0.15, -0.1) is 0 Å². The lowest BCUT2D eigenvalue weighted by molar-refractivity contribution is 1.15. The first kappa shape index (κ1) is 36.8. The Morgan fingerprint density at radius 2 is 0.677 bits per heavy atom. The molecule has 2 heteroatoms. The van der Waals surface area contributed by atoms with Crippen molar-refractivity contribution >= 4 is 38.9 Å². The minimum Gasteiger partial charge on any atom is -0.308 e. The van der Waals surface area contributed by atoms with Crippen LogP contribution >= 0.6 is 0 Å². The second-order valence-electron chi connectivity index (χ2n) is 15.7. The molecule has 0 aliphatic carbocycles. The van der Waals surface area contributed by atoms with E-state index in [0.717, 1.165) is 28.3 Å². The second-order valence-corrected chi connectivity index (χ2v) is 15.7. The minimum atomic E-state index is 1.07. The summed E-state index contributed by atoms with van der Waals surface area (Å²) in [7, 11) is 0. The maximum absolute atomic E-state index is 2.46. The molecule has 0 fully saturated rings. The molecule has 1 aromatic heterocycles. The summed E-state index contributed by atoms with van der Waals surface area (Å²) in [6.45, 7) is 0. The molecule has 1 heterocycles. The summed E-state index contributed by atoms with van der Waals surface area (Å²) in [5.74, 6) is 0.